The first-order valence-corrected chi connectivity index (χ1v) is 5.41. The number of nitrogens with one attached hydrogen (secondary N) is 2. The fraction of sp³-hybridized carbons (Fsp3) is 0.200. The van der Waals surface area contributed by atoms with Crippen molar-refractivity contribution < 1.29 is 0 Å². The lowest BCUT2D eigenvalue weighted by Gasteiger charge is -1.99. The van der Waals surface area contributed by atoms with Crippen LogP contribution in [0.4, 0.5) is 5.69 Å². The second-order valence-corrected chi connectivity index (χ2v) is 3.70. The van der Waals surface area contributed by atoms with Crippen LogP contribution in [0.3, 0.4) is 0 Å². The molecule has 0 aliphatic rings. The number of anilines is 1. The summed E-state index contributed by atoms with van der Waals surface area (Å²) in [5.41, 5.74) is 2.37. The third-order valence-electron chi connectivity index (χ3n) is 2.13. The molecular formula is C10H12N2S. The molecule has 2 rings (SSSR count). The lowest BCUT2D eigenvalue weighted by molar-refractivity contribution is 1.24. The van der Waals surface area contributed by atoms with Crippen LogP contribution in [0.2, 0.25) is 0 Å². The molecule has 13 heavy (non-hydrogen) atoms. The summed E-state index contributed by atoms with van der Waals surface area (Å²) in [7, 11) is 1.94. The third-order valence-corrected chi connectivity index (χ3v) is 2.79. The van der Waals surface area contributed by atoms with Crippen LogP contribution in [-0.2, 0) is 0 Å². The van der Waals surface area contributed by atoms with Crippen molar-refractivity contribution in [2.45, 2.75) is 5.03 Å². The van der Waals surface area contributed by atoms with E-state index in [2.05, 4.69) is 40.8 Å². The van der Waals surface area contributed by atoms with Gasteiger partial charge in [0.25, 0.3) is 0 Å². The number of aromatic nitrogens is 1. The van der Waals surface area contributed by atoms with Gasteiger partial charge in [0.15, 0.2) is 0 Å². The minimum Gasteiger partial charge on any atom is -0.388 e. The van der Waals surface area contributed by atoms with Gasteiger partial charge in [0, 0.05) is 23.6 Å². The van der Waals surface area contributed by atoms with Crippen molar-refractivity contribution in [3.05, 3.63) is 24.3 Å². The van der Waals surface area contributed by atoms with E-state index in [0.29, 0.717) is 0 Å². The molecule has 0 aliphatic carbocycles. The van der Waals surface area contributed by atoms with E-state index in [4.69, 9.17) is 0 Å². The van der Waals surface area contributed by atoms with Crippen molar-refractivity contribution in [2.75, 3.05) is 18.6 Å². The Hall–Kier alpha value is -1.09. The number of aromatic amines is 1. The van der Waals surface area contributed by atoms with Gasteiger partial charge in [0.05, 0.1) is 5.03 Å². The second kappa shape index (κ2) is 3.34. The molecule has 0 amide bonds. The minimum absolute atomic E-state index is 1.18. The van der Waals surface area contributed by atoms with E-state index in [1.165, 1.54) is 21.6 Å². The molecular weight excluding hydrogens is 180 g/mol. The molecule has 1 aromatic heterocycles. The van der Waals surface area contributed by atoms with Crippen molar-refractivity contribution >= 4 is 28.4 Å². The van der Waals surface area contributed by atoms with E-state index in [1.807, 2.05) is 7.05 Å². The number of hydrogen-bond donors (Lipinski definition) is 2. The first kappa shape index (κ1) is 8.51. The van der Waals surface area contributed by atoms with E-state index in [0.717, 1.165) is 0 Å². The van der Waals surface area contributed by atoms with Crippen LogP contribution in [0.1, 0.15) is 0 Å². The maximum atomic E-state index is 3.34. The average Bonchev–Trinajstić information content (AvgIpc) is 2.59. The predicted molar refractivity (Wildman–Crippen MR) is 59.6 cm³/mol. The van der Waals surface area contributed by atoms with Crippen molar-refractivity contribution in [3.63, 3.8) is 0 Å². The average molecular weight is 192 g/mol. The Kier molecular flexibility index (Phi) is 2.19. The minimum atomic E-state index is 1.18. The number of fused-ring (bicyclic) bond motifs is 1. The van der Waals surface area contributed by atoms with Crippen molar-refractivity contribution in [2.24, 2.45) is 0 Å². The van der Waals surface area contributed by atoms with Crippen LogP contribution in [0.5, 0.6) is 0 Å². The highest BCUT2D eigenvalue weighted by molar-refractivity contribution is 7.98. The zero-order valence-corrected chi connectivity index (χ0v) is 8.53. The van der Waals surface area contributed by atoms with E-state index < -0.39 is 0 Å². The summed E-state index contributed by atoms with van der Waals surface area (Å²) < 4.78 is 0. The van der Waals surface area contributed by atoms with E-state index >= 15 is 0 Å². The number of rotatable bonds is 2. The number of thioether (sulfide) groups is 1. The standard InChI is InChI=1S/C10H12N2S/c1-11-8-4-3-5-9-7(8)6-10(12-9)13-2/h3-6,11-12H,1-2H3. The Morgan fingerprint density at radius 3 is 2.92 bits per heavy atom. The van der Waals surface area contributed by atoms with Crippen LogP contribution >= 0.6 is 11.8 Å². The van der Waals surface area contributed by atoms with Crippen LogP contribution in [0.25, 0.3) is 10.9 Å². The van der Waals surface area contributed by atoms with E-state index in [1.54, 1.807) is 11.8 Å². The zero-order valence-electron chi connectivity index (χ0n) is 7.72. The highest BCUT2D eigenvalue weighted by Crippen LogP contribution is 2.27. The topological polar surface area (TPSA) is 27.8 Å². The Labute approximate surface area is 81.7 Å². The maximum Gasteiger partial charge on any atom is 0.0730 e. The largest absolute Gasteiger partial charge is 0.388 e. The normalized spacial score (nSPS) is 10.6. The molecule has 2 N–H and O–H groups in total. The Balaban J connectivity index is 2.67. The molecule has 3 heteroatoms. The molecule has 0 aliphatic heterocycles. The summed E-state index contributed by atoms with van der Waals surface area (Å²) in [5, 5.41) is 5.64. The number of benzene rings is 1. The van der Waals surface area contributed by atoms with E-state index in [9.17, 15) is 0 Å². The first-order valence-electron chi connectivity index (χ1n) is 4.18. The molecule has 0 bridgehead atoms. The van der Waals surface area contributed by atoms with Crippen LogP contribution in [0, 0.1) is 0 Å². The fourth-order valence-corrected chi connectivity index (χ4v) is 1.91. The SMILES string of the molecule is CNc1cccc2[nH]c(SC)cc12. The van der Waals surface area contributed by atoms with Crippen molar-refractivity contribution in [1.82, 2.24) is 4.98 Å². The van der Waals surface area contributed by atoms with Gasteiger partial charge in [-0.2, -0.15) is 0 Å². The Morgan fingerprint density at radius 1 is 1.38 bits per heavy atom. The molecule has 0 saturated heterocycles. The second-order valence-electron chi connectivity index (χ2n) is 2.85. The van der Waals surface area contributed by atoms with Crippen LogP contribution in [-0.4, -0.2) is 18.3 Å². The number of H-pyrrole nitrogens is 1. The van der Waals surface area contributed by atoms with Crippen LogP contribution < -0.4 is 5.32 Å². The van der Waals surface area contributed by atoms with Crippen molar-refractivity contribution in [3.8, 4) is 0 Å². The predicted octanol–water partition coefficient (Wildman–Crippen LogP) is 2.93. The smallest absolute Gasteiger partial charge is 0.0730 e. The van der Waals surface area contributed by atoms with Gasteiger partial charge >= 0.3 is 0 Å². The highest BCUT2D eigenvalue weighted by Gasteiger charge is 2.02. The zero-order chi connectivity index (χ0) is 9.26. The summed E-state index contributed by atoms with van der Waals surface area (Å²) in [6.45, 7) is 0. The molecule has 2 aromatic rings. The maximum absolute atomic E-state index is 3.34. The van der Waals surface area contributed by atoms with Crippen molar-refractivity contribution in [1.29, 1.82) is 0 Å². The molecule has 1 heterocycles. The van der Waals surface area contributed by atoms with E-state index in [-0.39, 0.29) is 0 Å². The monoisotopic (exact) mass is 192 g/mol. The molecule has 0 fully saturated rings. The Morgan fingerprint density at radius 2 is 2.23 bits per heavy atom. The van der Waals surface area contributed by atoms with Gasteiger partial charge in [-0.15, -0.1) is 11.8 Å². The lowest BCUT2D eigenvalue weighted by atomic mass is 10.2. The first-order chi connectivity index (χ1) is 6.35. The molecule has 0 radical (unpaired) electrons. The van der Waals surface area contributed by atoms with Crippen LogP contribution in [0.15, 0.2) is 29.3 Å². The van der Waals surface area contributed by atoms with Gasteiger partial charge in [-0.3, -0.25) is 0 Å². The molecule has 0 saturated carbocycles. The molecule has 0 atom stereocenters. The quantitative estimate of drug-likeness (QED) is 0.716. The summed E-state index contributed by atoms with van der Waals surface area (Å²) in [4.78, 5) is 3.34. The van der Waals surface area contributed by atoms with Gasteiger partial charge < -0.3 is 10.3 Å². The third kappa shape index (κ3) is 1.40. The fourth-order valence-electron chi connectivity index (χ4n) is 1.46. The van der Waals surface area contributed by atoms with Gasteiger partial charge in [-0.1, -0.05) is 6.07 Å². The summed E-state index contributed by atoms with van der Waals surface area (Å²) in [5.74, 6) is 0. The Bertz CT molecular complexity index is 420. The molecule has 0 spiro atoms. The summed E-state index contributed by atoms with van der Waals surface area (Å²) in [6.07, 6.45) is 2.07. The molecule has 68 valence electrons. The molecule has 2 nitrogen and oxygen atoms in total. The van der Waals surface area contributed by atoms with Gasteiger partial charge in [-0.05, 0) is 24.5 Å². The highest BCUT2D eigenvalue weighted by atomic mass is 32.2. The lowest BCUT2D eigenvalue weighted by Crippen LogP contribution is -1.86. The summed E-state index contributed by atoms with van der Waals surface area (Å²) in [6, 6.07) is 8.40. The summed E-state index contributed by atoms with van der Waals surface area (Å²) >= 11 is 1.73. The molecule has 0 unspecified atom stereocenters. The van der Waals surface area contributed by atoms with Gasteiger partial charge in [0.2, 0.25) is 0 Å². The van der Waals surface area contributed by atoms with Gasteiger partial charge in [0.1, 0.15) is 0 Å². The molecule has 1 aromatic carbocycles. The van der Waals surface area contributed by atoms with Gasteiger partial charge in [-0.25, -0.2) is 0 Å². The number of hydrogen-bond acceptors (Lipinski definition) is 2.